The van der Waals surface area contributed by atoms with E-state index in [9.17, 15) is 5.11 Å². The summed E-state index contributed by atoms with van der Waals surface area (Å²) in [7, 11) is 0. The van der Waals surface area contributed by atoms with Gasteiger partial charge in [0.05, 0.1) is 21.4 Å². The minimum Gasteiger partial charge on any atom is -0.391 e. The van der Waals surface area contributed by atoms with Gasteiger partial charge in [-0.1, -0.05) is 11.6 Å². The van der Waals surface area contributed by atoms with Crippen molar-refractivity contribution in [2.24, 2.45) is 0 Å². The molecule has 0 amide bonds. The van der Waals surface area contributed by atoms with Gasteiger partial charge in [-0.2, -0.15) is 0 Å². The monoisotopic (exact) mass is 355 g/mol. The minimum atomic E-state index is -0.324. The zero-order valence-electron chi connectivity index (χ0n) is 10.5. The Kier molecular flexibility index (Phi) is 6.78. The Balaban J connectivity index is 0.000001000. The fraction of sp³-hybridized carbons (Fsp3) is 0.417. The molecule has 112 valence electrons. The summed E-state index contributed by atoms with van der Waals surface area (Å²) in [6.45, 7) is 1.64. The van der Waals surface area contributed by atoms with Crippen LogP contribution in [0.25, 0.3) is 10.7 Å². The van der Waals surface area contributed by atoms with Crippen molar-refractivity contribution in [3.8, 4) is 10.7 Å². The number of nitrogens with one attached hydrogen (secondary N) is 1. The third-order valence-corrected chi connectivity index (χ3v) is 4.46. The van der Waals surface area contributed by atoms with Crippen molar-refractivity contribution in [2.75, 3.05) is 13.1 Å². The quantitative estimate of drug-likeness (QED) is 0.869. The highest BCUT2D eigenvalue weighted by molar-refractivity contribution is 7.19. The first-order valence-electron chi connectivity index (χ1n) is 5.93. The number of aliphatic hydroxyl groups excluding tert-OH is 1. The summed E-state index contributed by atoms with van der Waals surface area (Å²) >= 11 is 7.47. The first kappa shape index (κ1) is 17.8. The molecule has 1 fully saturated rings. The van der Waals surface area contributed by atoms with Gasteiger partial charge >= 0.3 is 0 Å². The van der Waals surface area contributed by atoms with Gasteiger partial charge in [0.25, 0.3) is 0 Å². The van der Waals surface area contributed by atoms with Crippen LogP contribution in [-0.2, 0) is 0 Å². The molecule has 0 radical (unpaired) electrons. The molecule has 1 aliphatic heterocycles. The van der Waals surface area contributed by atoms with E-state index in [2.05, 4.69) is 10.3 Å². The van der Waals surface area contributed by atoms with Gasteiger partial charge in [-0.25, -0.2) is 4.98 Å². The number of imidazole rings is 1. The SMILES string of the molecule is Cl.Cl.O[C@@H]1CCNC[C@@H]1n1ccnc1-c1ccc(Cl)s1. The number of aliphatic hydroxyl groups is 1. The van der Waals surface area contributed by atoms with E-state index < -0.39 is 0 Å². The Morgan fingerprint density at radius 1 is 1.40 bits per heavy atom. The van der Waals surface area contributed by atoms with Crippen LogP contribution in [0.15, 0.2) is 24.5 Å². The van der Waals surface area contributed by atoms with Crippen molar-refractivity contribution in [3.05, 3.63) is 28.9 Å². The van der Waals surface area contributed by atoms with Crippen molar-refractivity contribution >= 4 is 47.8 Å². The molecule has 0 saturated carbocycles. The summed E-state index contributed by atoms with van der Waals surface area (Å²) in [5.74, 6) is 0.875. The van der Waals surface area contributed by atoms with Crippen LogP contribution in [0.5, 0.6) is 0 Å². The summed E-state index contributed by atoms with van der Waals surface area (Å²) in [4.78, 5) is 5.42. The minimum absolute atomic E-state index is 0. The molecular formula is C12H16Cl3N3OS. The van der Waals surface area contributed by atoms with Crippen LogP contribution in [0.4, 0.5) is 0 Å². The predicted octanol–water partition coefficient (Wildman–Crippen LogP) is 3.00. The summed E-state index contributed by atoms with van der Waals surface area (Å²) in [5.41, 5.74) is 0. The molecule has 2 aromatic rings. The van der Waals surface area contributed by atoms with Crippen LogP contribution in [0.1, 0.15) is 12.5 Å². The molecule has 3 heterocycles. The molecule has 0 spiro atoms. The standard InChI is InChI=1S/C12H14ClN3OS.2ClH/c13-11-2-1-10(18-11)12-15-5-6-16(12)8-7-14-4-3-9(8)17;;/h1-2,5-6,8-9,14,17H,3-4,7H2;2*1H/t8-,9+;;/m0../s1. The maximum atomic E-state index is 10.1. The fourth-order valence-electron chi connectivity index (χ4n) is 2.32. The second-order valence-electron chi connectivity index (χ2n) is 4.39. The van der Waals surface area contributed by atoms with Gasteiger partial charge in [0, 0.05) is 18.9 Å². The van der Waals surface area contributed by atoms with E-state index in [-0.39, 0.29) is 37.0 Å². The van der Waals surface area contributed by atoms with Crippen molar-refractivity contribution in [2.45, 2.75) is 18.6 Å². The van der Waals surface area contributed by atoms with Gasteiger partial charge in [-0.3, -0.25) is 0 Å². The zero-order chi connectivity index (χ0) is 12.5. The molecule has 1 saturated heterocycles. The van der Waals surface area contributed by atoms with Crippen molar-refractivity contribution < 1.29 is 5.11 Å². The largest absolute Gasteiger partial charge is 0.391 e. The molecule has 2 aromatic heterocycles. The number of rotatable bonds is 2. The van der Waals surface area contributed by atoms with Crippen LogP contribution >= 0.6 is 47.8 Å². The van der Waals surface area contributed by atoms with E-state index in [1.165, 1.54) is 11.3 Å². The molecule has 1 aliphatic rings. The highest BCUT2D eigenvalue weighted by Crippen LogP contribution is 2.32. The second kappa shape index (κ2) is 7.64. The number of hydrogen-bond donors (Lipinski definition) is 2. The summed E-state index contributed by atoms with van der Waals surface area (Å²) < 4.78 is 2.79. The molecule has 0 unspecified atom stereocenters. The maximum Gasteiger partial charge on any atom is 0.150 e. The Hall–Kier alpha value is -0.300. The number of aromatic nitrogens is 2. The smallest absolute Gasteiger partial charge is 0.150 e. The lowest BCUT2D eigenvalue weighted by atomic mass is 10.0. The second-order valence-corrected chi connectivity index (χ2v) is 6.10. The van der Waals surface area contributed by atoms with Crippen LogP contribution < -0.4 is 5.32 Å². The number of thiophene rings is 1. The zero-order valence-corrected chi connectivity index (χ0v) is 13.7. The van der Waals surface area contributed by atoms with Gasteiger partial charge in [0.15, 0.2) is 0 Å². The lowest BCUT2D eigenvalue weighted by Crippen LogP contribution is -2.41. The van der Waals surface area contributed by atoms with E-state index in [1.54, 1.807) is 6.20 Å². The van der Waals surface area contributed by atoms with E-state index in [4.69, 9.17) is 11.6 Å². The highest BCUT2D eigenvalue weighted by Gasteiger charge is 2.26. The molecule has 8 heteroatoms. The van der Waals surface area contributed by atoms with E-state index in [0.29, 0.717) is 0 Å². The molecule has 2 atom stereocenters. The van der Waals surface area contributed by atoms with Gasteiger partial charge in [0.2, 0.25) is 0 Å². The third kappa shape index (κ3) is 3.47. The summed E-state index contributed by atoms with van der Waals surface area (Å²) in [5, 5.41) is 13.4. The normalized spacial score (nSPS) is 21.9. The maximum absolute atomic E-state index is 10.1. The Labute approximate surface area is 139 Å². The van der Waals surface area contributed by atoms with Crippen LogP contribution in [0.2, 0.25) is 4.34 Å². The summed E-state index contributed by atoms with van der Waals surface area (Å²) in [6.07, 6.45) is 4.14. The first-order valence-corrected chi connectivity index (χ1v) is 7.12. The Morgan fingerprint density at radius 3 is 2.85 bits per heavy atom. The molecule has 0 bridgehead atoms. The number of hydrogen-bond acceptors (Lipinski definition) is 4. The van der Waals surface area contributed by atoms with Gasteiger partial charge in [-0.15, -0.1) is 36.2 Å². The molecule has 0 aromatic carbocycles. The van der Waals surface area contributed by atoms with Gasteiger partial charge < -0.3 is 15.0 Å². The van der Waals surface area contributed by atoms with Gasteiger partial charge in [-0.05, 0) is 25.1 Å². The molecule has 20 heavy (non-hydrogen) atoms. The van der Waals surface area contributed by atoms with E-state index >= 15 is 0 Å². The van der Waals surface area contributed by atoms with Crippen LogP contribution in [-0.4, -0.2) is 33.9 Å². The Morgan fingerprint density at radius 2 is 2.20 bits per heavy atom. The molecule has 4 nitrogen and oxygen atoms in total. The third-order valence-electron chi connectivity index (χ3n) is 3.23. The van der Waals surface area contributed by atoms with Crippen molar-refractivity contribution in [3.63, 3.8) is 0 Å². The number of nitrogens with zero attached hydrogens (tertiary/aromatic N) is 2. The number of piperidine rings is 1. The van der Waals surface area contributed by atoms with Crippen LogP contribution in [0.3, 0.4) is 0 Å². The van der Waals surface area contributed by atoms with Gasteiger partial charge in [0.1, 0.15) is 5.82 Å². The van der Waals surface area contributed by atoms with Crippen LogP contribution in [0, 0.1) is 0 Å². The Bertz CT molecular complexity index is 546. The van der Waals surface area contributed by atoms with E-state index in [1.807, 2.05) is 22.9 Å². The molecule has 2 N–H and O–H groups in total. The average Bonchev–Trinajstić information content (AvgIpc) is 2.98. The average molecular weight is 357 g/mol. The lowest BCUT2D eigenvalue weighted by Gasteiger charge is -2.30. The topological polar surface area (TPSA) is 50.1 Å². The predicted molar refractivity (Wildman–Crippen MR) is 87.6 cm³/mol. The molecule has 3 rings (SSSR count). The first-order chi connectivity index (χ1) is 8.75. The van der Waals surface area contributed by atoms with E-state index in [0.717, 1.165) is 34.5 Å². The number of halogens is 3. The molecule has 0 aliphatic carbocycles. The summed E-state index contributed by atoms with van der Waals surface area (Å²) in [6, 6.07) is 3.88. The fourth-order valence-corrected chi connectivity index (χ4v) is 3.36. The lowest BCUT2D eigenvalue weighted by molar-refractivity contribution is 0.0850. The van der Waals surface area contributed by atoms with Crippen molar-refractivity contribution in [1.82, 2.24) is 14.9 Å². The highest BCUT2D eigenvalue weighted by atomic mass is 35.5. The van der Waals surface area contributed by atoms with Crippen molar-refractivity contribution in [1.29, 1.82) is 0 Å². The molecular weight excluding hydrogens is 341 g/mol.